The molecule has 1 N–H and O–H groups in total. The van der Waals surface area contributed by atoms with Gasteiger partial charge < -0.3 is 19.4 Å². The minimum absolute atomic E-state index is 0.0774. The number of furan rings is 1. The van der Waals surface area contributed by atoms with Crippen molar-refractivity contribution in [1.29, 1.82) is 0 Å². The predicted molar refractivity (Wildman–Crippen MR) is 109 cm³/mol. The second kappa shape index (κ2) is 8.65. The number of nitrogens with zero attached hydrogens (tertiary/aromatic N) is 1. The lowest BCUT2D eigenvalue weighted by Gasteiger charge is -2.31. The molecule has 4 rings (SSSR count). The largest absolute Gasteiger partial charge is 0.472 e. The SMILES string of the molecule is O=C(Nc1ccc(Oc2ccccc2)cc1)[C@H]1CCCN(C(=O)c2ccoc2)C1. The van der Waals surface area contributed by atoms with Gasteiger partial charge in [0.1, 0.15) is 17.8 Å². The van der Waals surface area contributed by atoms with Gasteiger partial charge in [-0.25, -0.2) is 0 Å². The van der Waals surface area contributed by atoms with Gasteiger partial charge in [0.2, 0.25) is 5.91 Å². The molecule has 1 aliphatic rings. The first-order valence-electron chi connectivity index (χ1n) is 9.64. The summed E-state index contributed by atoms with van der Waals surface area (Å²) in [5.41, 5.74) is 1.22. The molecule has 1 aliphatic heterocycles. The summed E-state index contributed by atoms with van der Waals surface area (Å²) in [5, 5.41) is 2.95. The topological polar surface area (TPSA) is 71.8 Å². The summed E-state index contributed by atoms with van der Waals surface area (Å²) in [7, 11) is 0. The van der Waals surface area contributed by atoms with E-state index in [0.29, 0.717) is 30.1 Å². The molecule has 1 fully saturated rings. The zero-order valence-electron chi connectivity index (χ0n) is 15.9. The minimum Gasteiger partial charge on any atom is -0.472 e. The minimum atomic E-state index is -0.236. The van der Waals surface area contributed by atoms with Crippen LogP contribution in [0.15, 0.2) is 77.6 Å². The molecule has 148 valence electrons. The van der Waals surface area contributed by atoms with Crippen molar-refractivity contribution >= 4 is 17.5 Å². The average molecular weight is 390 g/mol. The number of hydrogen-bond acceptors (Lipinski definition) is 4. The number of hydrogen-bond donors (Lipinski definition) is 1. The molecule has 0 unspecified atom stereocenters. The van der Waals surface area contributed by atoms with Gasteiger partial charge in [0.05, 0.1) is 17.7 Å². The second-order valence-corrected chi connectivity index (χ2v) is 7.03. The highest BCUT2D eigenvalue weighted by Crippen LogP contribution is 2.24. The molecular formula is C23H22N2O4. The van der Waals surface area contributed by atoms with Crippen LogP contribution in [0.3, 0.4) is 0 Å². The monoisotopic (exact) mass is 390 g/mol. The van der Waals surface area contributed by atoms with Gasteiger partial charge in [0.15, 0.2) is 0 Å². The van der Waals surface area contributed by atoms with E-state index in [4.69, 9.17) is 9.15 Å². The maximum absolute atomic E-state index is 12.7. The third-order valence-corrected chi connectivity index (χ3v) is 4.95. The van der Waals surface area contributed by atoms with Gasteiger partial charge in [-0.1, -0.05) is 18.2 Å². The third kappa shape index (κ3) is 4.66. The first-order valence-corrected chi connectivity index (χ1v) is 9.64. The summed E-state index contributed by atoms with van der Waals surface area (Å²) in [6.45, 7) is 1.06. The molecule has 0 spiro atoms. The van der Waals surface area contributed by atoms with E-state index in [1.165, 1.54) is 12.5 Å². The summed E-state index contributed by atoms with van der Waals surface area (Å²) in [6, 6.07) is 18.4. The lowest BCUT2D eigenvalue weighted by molar-refractivity contribution is -0.121. The van der Waals surface area contributed by atoms with Crippen molar-refractivity contribution in [1.82, 2.24) is 4.90 Å². The normalized spacial score (nSPS) is 16.3. The van der Waals surface area contributed by atoms with E-state index in [1.807, 2.05) is 54.6 Å². The number of para-hydroxylation sites is 1. The summed E-state index contributed by atoms with van der Waals surface area (Å²) in [6.07, 6.45) is 4.47. The second-order valence-electron chi connectivity index (χ2n) is 7.03. The number of anilines is 1. The van der Waals surface area contributed by atoms with Crippen LogP contribution in [-0.2, 0) is 4.79 Å². The van der Waals surface area contributed by atoms with Crippen molar-refractivity contribution in [3.8, 4) is 11.5 Å². The number of carbonyl (C=O) groups excluding carboxylic acids is 2. The Morgan fingerprint density at radius 2 is 1.76 bits per heavy atom. The van der Waals surface area contributed by atoms with E-state index in [1.54, 1.807) is 11.0 Å². The average Bonchev–Trinajstić information content (AvgIpc) is 3.30. The van der Waals surface area contributed by atoms with E-state index in [9.17, 15) is 9.59 Å². The van der Waals surface area contributed by atoms with Crippen molar-refractivity contribution in [3.63, 3.8) is 0 Å². The molecule has 3 aromatic rings. The molecule has 0 bridgehead atoms. The fraction of sp³-hybridized carbons (Fsp3) is 0.217. The van der Waals surface area contributed by atoms with Crippen LogP contribution in [0.1, 0.15) is 23.2 Å². The summed E-state index contributed by atoms with van der Waals surface area (Å²) >= 11 is 0. The van der Waals surface area contributed by atoms with Gasteiger partial charge in [-0.2, -0.15) is 0 Å². The van der Waals surface area contributed by atoms with Gasteiger partial charge in [-0.3, -0.25) is 9.59 Å². The van der Waals surface area contributed by atoms with Crippen LogP contribution in [0.2, 0.25) is 0 Å². The maximum Gasteiger partial charge on any atom is 0.257 e. The highest BCUT2D eigenvalue weighted by atomic mass is 16.5. The molecule has 1 saturated heterocycles. The molecule has 29 heavy (non-hydrogen) atoms. The van der Waals surface area contributed by atoms with Crippen LogP contribution >= 0.6 is 0 Å². The van der Waals surface area contributed by atoms with Crippen LogP contribution in [0.25, 0.3) is 0 Å². The van der Waals surface area contributed by atoms with Gasteiger partial charge in [-0.05, 0) is 55.3 Å². The van der Waals surface area contributed by atoms with Crippen LogP contribution in [0.4, 0.5) is 5.69 Å². The lowest BCUT2D eigenvalue weighted by Crippen LogP contribution is -2.43. The Morgan fingerprint density at radius 3 is 2.48 bits per heavy atom. The maximum atomic E-state index is 12.7. The van der Waals surface area contributed by atoms with Crippen molar-refractivity contribution in [3.05, 3.63) is 78.8 Å². The molecule has 0 saturated carbocycles. The molecule has 2 heterocycles. The van der Waals surface area contributed by atoms with Crippen LogP contribution in [0, 0.1) is 5.92 Å². The Morgan fingerprint density at radius 1 is 1.00 bits per heavy atom. The van der Waals surface area contributed by atoms with Gasteiger partial charge in [0.25, 0.3) is 5.91 Å². The van der Waals surface area contributed by atoms with Gasteiger partial charge >= 0.3 is 0 Å². The first kappa shape index (κ1) is 18.8. The van der Waals surface area contributed by atoms with Gasteiger partial charge in [-0.15, -0.1) is 0 Å². The number of piperidine rings is 1. The highest BCUT2D eigenvalue weighted by molar-refractivity contribution is 5.96. The Hall–Kier alpha value is -3.54. The van der Waals surface area contributed by atoms with Crippen LogP contribution < -0.4 is 10.1 Å². The Balaban J connectivity index is 1.34. The molecular weight excluding hydrogens is 368 g/mol. The molecule has 2 amide bonds. The number of ether oxygens (including phenoxy) is 1. The van der Waals surface area contributed by atoms with E-state index >= 15 is 0 Å². The lowest BCUT2D eigenvalue weighted by atomic mass is 9.96. The Kier molecular flexibility index (Phi) is 5.61. The first-order chi connectivity index (χ1) is 14.2. The Labute approximate surface area is 169 Å². The third-order valence-electron chi connectivity index (χ3n) is 4.95. The standard InChI is InChI=1S/C23H22N2O4/c26-22(17-5-4-13-25(15-17)23(27)18-12-14-28-16-18)24-19-8-10-21(11-9-19)29-20-6-2-1-3-7-20/h1-3,6-12,14,16-17H,4-5,13,15H2,(H,24,26)/t17-/m0/s1. The number of likely N-dealkylation sites (tertiary alicyclic amines) is 1. The van der Waals surface area contributed by atoms with Crippen LogP contribution in [0.5, 0.6) is 11.5 Å². The van der Waals surface area contributed by atoms with E-state index in [-0.39, 0.29) is 17.7 Å². The number of nitrogens with one attached hydrogen (secondary N) is 1. The van der Waals surface area contributed by atoms with Crippen molar-refractivity contribution in [2.75, 3.05) is 18.4 Å². The number of carbonyl (C=O) groups is 2. The summed E-state index contributed by atoms with van der Waals surface area (Å²) < 4.78 is 10.8. The van der Waals surface area contributed by atoms with E-state index in [2.05, 4.69) is 5.32 Å². The molecule has 0 radical (unpaired) electrons. The van der Waals surface area contributed by atoms with Crippen molar-refractivity contribution < 1.29 is 18.7 Å². The Bertz CT molecular complexity index is 952. The summed E-state index contributed by atoms with van der Waals surface area (Å²) in [4.78, 5) is 26.9. The van der Waals surface area contributed by atoms with Crippen molar-refractivity contribution in [2.24, 2.45) is 5.92 Å². The fourth-order valence-electron chi connectivity index (χ4n) is 3.42. The van der Waals surface area contributed by atoms with E-state index < -0.39 is 0 Å². The highest BCUT2D eigenvalue weighted by Gasteiger charge is 2.29. The smallest absolute Gasteiger partial charge is 0.257 e. The van der Waals surface area contributed by atoms with Crippen LogP contribution in [-0.4, -0.2) is 29.8 Å². The summed E-state index contributed by atoms with van der Waals surface area (Å²) in [5.74, 6) is 1.04. The molecule has 0 aliphatic carbocycles. The molecule has 2 aromatic carbocycles. The van der Waals surface area contributed by atoms with Gasteiger partial charge in [0, 0.05) is 18.8 Å². The number of amides is 2. The number of rotatable bonds is 5. The molecule has 1 atom stereocenters. The van der Waals surface area contributed by atoms with Crippen molar-refractivity contribution in [2.45, 2.75) is 12.8 Å². The molecule has 6 nitrogen and oxygen atoms in total. The number of benzene rings is 2. The molecule has 1 aromatic heterocycles. The zero-order chi connectivity index (χ0) is 20.1. The predicted octanol–water partition coefficient (Wildman–Crippen LogP) is 4.56. The van der Waals surface area contributed by atoms with E-state index in [0.717, 1.165) is 18.6 Å². The quantitative estimate of drug-likeness (QED) is 0.693. The molecule has 6 heteroatoms. The fourth-order valence-corrected chi connectivity index (χ4v) is 3.42. The zero-order valence-corrected chi connectivity index (χ0v) is 15.9.